The topological polar surface area (TPSA) is 38.9 Å². The summed E-state index contributed by atoms with van der Waals surface area (Å²) in [7, 11) is 0. The molecule has 2 heteroatoms. The van der Waals surface area contributed by atoms with Crippen molar-refractivity contribution >= 4 is 10.8 Å². The van der Waals surface area contributed by atoms with Crippen LogP contribution in [-0.2, 0) is 0 Å². The van der Waals surface area contributed by atoms with Gasteiger partial charge >= 0.3 is 0 Å². The van der Waals surface area contributed by atoms with Gasteiger partial charge in [-0.3, -0.25) is 4.98 Å². The Hall–Kier alpha value is -1.67. The molecule has 1 atom stereocenters. The number of nitrogens with zero attached hydrogens (tertiary/aromatic N) is 1. The van der Waals surface area contributed by atoms with E-state index in [4.69, 9.17) is 5.73 Å². The number of aromatic nitrogens is 1. The quantitative estimate of drug-likeness (QED) is 0.588. The number of unbranched alkanes of at least 4 members (excludes halogenated alkanes) is 3. The van der Waals surface area contributed by atoms with Crippen molar-refractivity contribution in [2.45, 2.75) is 38.1 Å². The van der Waals surface area contributed by atoms with Gasteiger partial charge in [0.15, 0.2) is 0 Å². The van der Waals surface area contributed by atoms with Crippen LogP contribution >= 0.6 is 0 Å². The van der Waals surface area contributed by atoms with E-state index in [9.17, 15) is 0 Å². The standard InChI is InChI=1S/C17H22N2/c1-2-3-4-5-6-11-16(18)17-15-10-8-7-9-14(15)12-13-19-17/h2,7-10,12-13,16H,1,3-6,11,18H2. The largest absolute Gasteiger partial charge is 0.323 e. The lowest BCUT2D eigenvalue weighted by atomic mass is 10.0. The van der Waals surface area contributed by atoms with E-state index in [1.54, 1.807) is 0 Å². The Kier molecular flexibility index (Phi) is 5.10. The maximum Gasteiger partial charge on any atom is 0.0649 e. The van der Waals surface area contributed by atoms with Crippen molar-refractivity contribution in [1.82, 2.24) is 4.98 Å². The lowest BCUT2D eigenvalue weighted by molar-refractivity contribution is 0.566. The Balaban J connectivity index is 2.01. The lowest BCUT2D eigenvalue weighted by Crippen LogP contribution is -2.12. The van der Waals surface area contributed by atoms with Gasteiger partial charge in [0.2, 0.25) is 0 Å². The maximum absolute atomic E-state index is 6.29. The van der Waals surface area contributed by atoms with Crippen molar-refractivity contribution < 1.29 is 0 Å². The Morgan fingerprint density at radius 3 is 2.84 bits per heavy atom. The summed E-state index contributed by atoms with van der Waals surface area (Å²) in [6.07, 6.45) is 9.50. The summed E-state index contributed by atoms with van der Waals surface area (Å²) in [5.41, 5.74) is 7.32. The monoisotopic (exact) mass is 254 g/mol. The van der Waals surface area contributed by atoms with E-state index in [-0.39, 0.29) is 6.04 Å². The van der Waals surface area contributed by atoms with E-state index >= 15 is 0 Å². The summed E-state index contributed by atoms with van der Waals surface area (Å²) >= 11 is 0. The number of fused-ring (bicyclic) bond motifs is 1. The zero-order valence-corrected chi connectivity index (χ0v) is 11.4. The number of hydrogen-bond donors (Lipinski definition) is 1. The van der Waals surface area contributed by atoms with E-state index in [1.807, 2.05) is 30.5 Å². The van der Waals surface area contributed by atoms with Crippen LogP contribution in [0, 0.1) is 0 Å². The van der Waals surface area contributed by atoms with Crippen LogP contribution in [0.2, 0.25) is 0 Å². The van der Waals surface area contributed by atoms with Gasteiger partial charge in [-0.25, -0.2) is 0 Å². The molecule has 0 fully saturated rings. The highest BCUT2D eigenvalue weighted by Crippen LogP contribution is 2.24. The molecule has 1 unspecified atom stereocenters. The van der Waals surface area contributed by atoms with Gasteiger partial charge < -0.3 is 5.73 Å². The molecular weight excluding hydrogens is 232 g/mol. The third-order valence-electron chi connectivity index (χ3n) is 3.48. The minimum Gasteiger partial charge on any atom is -0.323 e. The highest BCUT2D eigenvalue weighted by Gasteiger charge is 2.10. The normalized spacial score (nSPS) is 12.5. The number of pyridine rings is 1. The molecule has 0 aliphatic carbocycles. The van der Waals surface area contributed by atoms with Crippen LogP contribution in [0.4, 0.5) is 0 Å². The summed E-state index contributed by atoms with van der Waals surface area (Å²) in [5, 5.41) is 2.40. The molecule has 2 N–H and O–H groups in total. The van der Waals surface area contributed by atoms with Gasteiger partial charge in [-0.15, -0.1) is 6.58 Å². The zero-order chi connectivity index (χ0) is 13.5. The third kappa shape index (κ3) is 3.65. The second-order valence-electron chi connectivity index (χ2n) is 4.95. The van der Waals surface area contributed by atoms with Gasteiger partial charge in [0, 0.05) is 17.6 Å². The molecule has 19 heavy (non-hydrogen) atoms. The van der Waals surface area contributed by atoms with Crippen molar-refractivity contribution in [1.29, 1.82) is 0 Å². The molecule has 100 valence electrons. The number of nitrogens with two attached hydrogens (primary N) is 1. The van der Waals surface area contributed by atoms with Crippen molar-refractivity contribution in [2.75, 3.05) is 0 Å². The van der Waals surface area contributed by atoms with E-state index in [0.717, 1.165) is 25.0 Å². The highest BCUT2D eigenvalue weighted by molar-refractivity contribution is 5.84. The maximum atomic E-state index is 6.29. The fourth-order valence-electron chi connectivity index (χ4n) is 2.40. The molecule has 0 aliphatic heterocycles. The van der Waals surface area contributed by atoms with Crippen LogP contribution in [0.1, 0.15) is 43.8 Å². The molecule has 0 amide bonds. The molecule has 0 saturated heterocycles. The first-order valence-electron chi connectivity index (χ1n) is 7.03. The van der Waals surface area contributed by atoms with Crippen molar-refractivity contribution in [2.24, 2.45) is 5.73 Å². The van der Waals surface area contributed by atoms with E-state index < -0.39 is 0 Å². The summed E-state index contributed by atoms with van der Waals surface area (Å²) in [4.78, 5) is 4.48. The van der Waals surface area contributed by atoms with Crippen LogP contribution in [0.15, 0.2) is 49.2 Å². The molecule has 1 aromatic heterocycles. The van der Waals surface area contributed by atoms with Crippen LogP contribution in [-0.4, -0.2) is 4.98 Å². The first-order chi connectivity index (χ1) is 9.33. The third-order valence-corrected chi connectivity index (χ3v) is 3.48. The van der Waals surface area contributed by atoms with Crippen molar-refractivity contribution in [3.05, 3.63) is 54.9 Å². The second-order valence-corrected chi connectivity index (χ2v) is 4.95. The molecule has 2 nitrogen and oxygen atoms in total. The SMILES string of the molecule is C=CCCCCCC(N)c1nccc2ccccc12. The molecule has 0 aliphatic rings. The van der Waals surface area contributed by atoms with E-state index in [2.05, 4.69) is 23.7 Å². The molecule has 2 rings (SSSR count). The second kappa shape index (κ2) is 7.05. The number of allylic oxidation sites excluding steroid dienone is 1. The minimum atomic E-state index is 0.0369. The fraction of sp³-hybridized carbons (Fsp3) is 0.353. The molecule has 1 heterocycles. The lowest BCUT2D eigenvalue weighted by Gasteiger charge is -2.13. The van der Waals surface area contributed by atoms with Crippen LogP contribution in [0.3, 0.4) is 0 Å². The molecule has 0 spiro atoms. The summed E-state index contributed by atoms with van der Waals surface area (Å²) in [5.74, 6) is 0. The molecular formula is C17H22N2. The smallest absolute Gasteiger partial charge is 0.0649 e. The Bertz CT molecular complexity index is 528. The van der Waals surface area contributed by atoms with Gasteiger partial charge in [0.25, 0.3) is 0 Å². The zero-order valence-electron chi connectivity index (χ0n) is 11.4. The molecule has 0 bridgehead atoms. The first kappa shape index (κ1) is 13.8. The van der Waals surface area contributed by atoms with Crippen LogP contribution in [0.5, 0.6) is 0 Å². The number of hydrogen-bond acceptors (Lipinski definition) is 2. The Morgan fingerprint density at radius 1 is 1.16 bits per heavy atom. The highest BCUT2D eigenvalue weighted by atomic mass is 14.8. The Labute approximate surface area is 115 Å². The average molecular weight is 254 g/mol. The molecule has 0 radical (unpaired) electrons. The van der Waals surface area contributed by atoms with Crippen LogP contribution in [0.25, 0.3) is 10.8 Å². The summed E-state index contributed by atoms with van der Waals surface area (Å²) in [6, 6.07) is 10.4. The summed E-state index contributed by atoms with van der Waals surface area (Å²) in [6.45, 7) is 3.74. The number of rotatable bonds is 7. The van der Waals surface area contributed by atoms with Gasteiger partial charge in [-0.05, 0) is 30.7 Å². The van der Waals surface area contributed by atoms with Gasteiger partial charge in [-0.2, -0.15) is 0 Å². The van der Waals surface area contributed by atoms with E-state index in [1.165, 1.54) is 23.6 Å². The van der Waals surface area contributed by atoms with Crippen LogP contribution < -0.4 is 5.73 Å². The predicted octanol–water partition coefficient (Wildman–Crippen LogP) is 4.37. The fourth-order valence-corrected chi connectivity index (χ4v) is 2.40. The minimum absolute atomic E-state index is 0.0369. The van der Waals surface area contributed by atoms with Crippen molar-refractivity contribution in [3.63, 3.8) is 0 Å². The number of benzene rings is 1. The van der Waals surface area contributed by atoms with E-state index in [0.29, 0.717) is 0 Å². The summed E-state index contributed by atoms with van der Waals surface area (Å²) < 4.78 is 0. The first-order valence-corrected chi connectivity index (χ1v) is 7.03. The average Bonchev–Trinajstić information content (AvgIpc) is 2.46. The van der Waals surface area contributed by atoms with Gasteiger partial charge in [-0.1, -0.05) is 43.2 Å². The van der Waals surface area contributed by atoms with Gasteiger partial charge in [0.05, 0.1) is 5.69 Å². The molecule has 1 aromatic carbocycles. The molecule has 0 saturated carbocycles. The molecule has 2 aromatic rings. The van der Waals surface area contributed by atoms with Crippen molar-refractivity contribution in [3.8, 4) is 0 Å². The predicted molar refractivity (Wildman–Crippen MR) is 82.0 cm³/mol. The van der Waals surface area contributed by atoms with Gasteiger partial charge in [0.1, 0.15) is 0 Å². The Morgan fingerprint density at radius 2 is 2.00 bits per heavy atom.